The van der Waals surface area contributed by atoms with E-state index in [1.54, 1.807) is 28.1 Å². The molecule has 0 radical (unpaired) electrons. The van der Waals surface area contributed by atoms with E-state index in [4.69, 9.17) is 4.74 Å². The molecule has 0 bridgehead atoms. The van der Waals surface area contributed by atoms with Crippen LogP contribution in [0.5, 0.6) is 5.75 Å². The van der Waals surface area contributed by atoms with Crippen molar-refractivity contribution in [2.75, 3.05) is 38.4 Å². The Bertz CT molecular complexity index is 450. The van der Waals surface area contributed by atoms with Gasteiger partial charge in [-0.05, 0) is 13.3 Å². The van der Waals surface area contributed by atoms with Crippen LogP contribution < -0.4 is 15.4 Å². The average molecular weight is 281 g/mol. The third-order valence-electron chi connectivity index (χ3n) is 2.71. The number of nitrogens with zero attached hydrogens (tertiary/aromatic N) is 3. The predicted octanol–water partition coefficient (Wildman–Crippen LogP) is 1.20. The van der Waals surface area contributed by atoms with Crippen LogP contribution in [0.4, 0.5) is 11.6 Å². The van der Waals surface area contributed by atoms with Crippen molar-refractivity contribution >= 4 is 17.5 Å². The van der Waals surface area contributed by atoms with Gasteiger partial charge in [0.1, 0.15) is 12.4 Å². The Labute approximate surface area is 119 Å². The largest absolute Gasteiger partial charge is 0.490 e. The number of rotatable bonds is 7. The highest BCUT2D eigenvalue weighted by atomic mass is 16.5. The Morgan fingerprint density at radius 2 is 2.05 bits per heavy atom. The SMILES string of the molecule is CCCNc1ncnc(NC(C)C(=O)N(C)C)c1OC. The van der Waals surface area contributed by atoms with E-state index in [0.717, 1.165) is 13.0 Å². The molecule has 0 aliphatic carbocycles. The topological polar surface area (TPSA) is 79.4 Å². The van der Waals surface area contributed by atoms with Gasteiger partial charge in [0, 0.05) is 20.6 Å². The first-order chi connectivity index (χ1) is 9.51. The van der Waals surface area contributed by atoms with E-state index < -0.39 is 6.04 Å². The quantitative estimate of drug-likeness (QED) is 0.781. The Balaban J connectivity index is 2.91. The van der Waals surface area contributed by atoms with Crippen LogP contribution in [0.2, 0.25) is 0 Å². The Hall–Kier alpha value is -2.05. The molecule has 0 aromatic carbocycles. The van der Waals surface area contributed by atoms with Crippen molar-refractivity contribution in [1.82, 2.24) is 14.9 Å². The molecule has 0 saturated carbocycles. The minimum absolute atomic E-state index is 0.0336. The summed E-state index contributed by atoms with van der Waals surface area (Å²) in [5, 5.41) is 6.22. The van der Waals surface area contributed by atoms with Gasteiger partial charge in [0.2, 0.25) is 11.7 Å². The monoisotopic (exact) mass is 281 g/mol. The van der Waals surface area contributed by atoms with Crippen LogP contribution in [0.3, 0.4) is 0 Å². The van der Waals surface area contributed by atoms with E-state index >= 15 is 0 Å². The van der Waals surface area contributed by atoms with Gasteiger partial charge >= 0.3 is 0 Å². The normalized spacial score (nSPS) is 11.7. The lowest BCUT2D eigenvalue weighted by atomic mass is 10.3. The standard InChI is InChI=1S/C13H23N5O2/c1-6-7-14-11-10(20-5)12(16-8-15-11)17-9(2)13(19)18(3)4/h8-9H,6-7H2,1-5H3,(H2,14,15,16,17). The first kappa shape index (κ1) is 16.0. The Morgan fingerprint density at radius 1 is 1.40 bits per heavy atom. The molecular formula is C13H23N5O2. The molecular weight excluding hydrogens is 258 g/mol. The zero-order valence-corrected chi connectivity index (χ0v) is 12.7. The second-order valence-corrected chi connectivity index (χ2v) is 4.63. The van der Waals surface area contributed by atoms with Crippen LogP contribution >= 0.6 is 0 Å². The van der Waals surface area contributed by atoms with Crippen molar-refractivity contribution in [3.63, 3.8) is 0 Å². The number of likely N-dealkylation sites (N-methyl/N-ethyl adjacent to an activating group) is 1. The third-order valence-corrected chi connectivity index (χ3v) is 2.71. The molecule has 7 nitrogen and oxygen atoms in total. The van der Waals surface area contributed by atoms with Gasteiger partial charge in [-0.25, -0.2) is 9.97 Å². The number of ether oxygens (including phenoxy) is 1. The Morgan fingerprint density at radius 3 is 2.60 bits per heavy atom. The van der Waals surface area contributed by atoms with E-state index in [-0.39, 0.29) is 5.91 Å². The van der Waals surface area contributed by atoms with E-state index in [9.17, 15) is 4.79 Å². The Kier molecular flexibility index (Phi) is 6.02. The average Bonchev–Trinajstić information content (AvgIpc) is 2.44. The number of anilines is 2. The molecule has 2 N–H and O–H groups in total. The lowest BCUT2D eigenvalue weighted by Crippen LogP contribution is -2.37. The summed E-state index contributed by atoms with van der Waals surface area (Å²) < 4.78 is 5.34. The van der Waals surface area contributed by atoms with Gasteiger partial charge in [-0.15, -0.1) is 0 Å². The molecule has 0 saturated heterocycles. The van der Waals surface area contributed by atoms with Gasteiger partial charge in [0.25, 0.3) is 0 Å². The van der Waals surface area contributed by atoms with E-state index in [1.807, 2.05) is 0 Å². The number of nitrogens with one attached hydrogen (secondary N) is 2. The molecule has 1 aromatic heterocycles. The number of methoxy groups -OCH3 is 1. The second kappa shape index (κ2) is 7.52. The lowest BCUT2D eigenvalue weighted by Gasteiger charge is -2.20. The highest BCUT2D eigenvalue weighted by molar-refractivity contribution is 5.84. The van der Waals surface area contributed by atoms with Crippen molar-refractivity contribution in [2.45, 2.75) is 26.3 Å². The van der Waals surface area contributed by atoms with Crippen LogP contribution in [0, 0.1) is 0 Å². The van der Waals surface area contributed by atoms with Gasteiger partial charge in [0.05, 0.1) is 7.11 Å². The van der Waals surface area contributed by atoms with Crippen LogP contribution in [-0.2, 0) is 4.79 Å². The molecule has 1 amide bonds. The fourth-order valence-electron chi connectivity index (χ4n) is 1.69. The first-order valence-corrected chi connectivity index (χ1v) is 6.61. The van der Waals surface area contributed by atoms with Crippen molar-refractivity contribution in [3.05, 3.63) is 6.33 Å². The first-order valence-electron chi connectivity index (χ1n) is 6.61. The zero-order chi connectivity index (χ0) is 15.1. The third kappa shape index (κ3) is 3.97. The number of hydrogen-bond donors (Lipinski definition) is 2. The molecule has 1 rings (SSSR count). The summed E-state index contributed by atoms with van der Waals surface area (Å²) in [6, 6.07) is -0.396. The summed E-state index contributed by atoms with van der Waals surface area (Å²) >= 11 is 0. The molecule has 1 unspecified atom stereocenters. The summed E-state index contributed by atoms with van der Waals surface area (Å²) in [5.74, 6) is 1.60. The summed E-state index contributed by atoms with van der Waals surface area (Å²) in [4.78, 5) is 21.7. The molecule has 112 valence electrons. The molecule has 1 heterocycles. The van der Waals surface area contributed by atoms with Crippen molar-refractivity contribution in [1.29, 1.82) is 0 Å². The van der Waals surface area contributed by atoms with Crippen LogP contribution in [-0.4, -0.2) is 54.6 Å². The van der Waals surface area contributed by atoms with Crippen molar-refractivity contribution in [2.24, 2.45) is 0 Å². The number of aromatic nitrogens is 2. The summed E-state index contributed by atoms with van der Waals surface area (Å²) in [6.45, 7) is 4.64. The second-order valence-electron chi connectivity index (χ2n) is 4.63. The molecule has 0 spiro atoms. The smallest absolute Gasteiger partial charge is 0.244 e. The van der Waals surface area contributed by atoms with Crippen LogP contribution in [0.25, 0.3) is 0 Å². The number of hydrogen-bond acceptors (Lipinski definition) is 6. The number of amides is 1. The molecule has 0 aliphatic heterocycles. The summed E-state index contributed by atoms with van der Waals surface area (Å²) in [7, 11) is 4.98. The van der Waals surface area contributed by atoms with Gasteiger partial charge in [-0.3, -0.25) is 4.79 Å². The molecule has 1 atom stereocenters. The van der Waals surface area contributed by atoms with Crippen molar-refractivity contribution < 1.29 is 9.53 Å². The van der Waals surface area contributed by atoms with Crippen molar-refractivity contribution in [3.8, 4) is 5.75 Å². The highest BCUT2D eigenvalue weighted by Crippen LogP contribution is 2.29. The molecule has 0 aliphatic rings. The fourth-order valence-corrected chi connectivity index (χ4v) is 1.69. The van der Waals surface area contributed by atoms with E-state index in [2.05, 4.69) is 27.5 Å². The maximum atomic E-state index is 11.9. The van der Waals surface area contributed by atoms with Gasteiger partial charge < -0.3 is 20.3 Å². The predicted molar refractivity (Wildman–Crippen MR) is 79.1 cm³/mol. The number of carbonyl (C=O) groups excluding carboxylic acids is 1. The van der Waals surface area contributed by atoms with Crippen LogP contribution in [0.1, 0.15) is 20.3 Å². The highest BCUT2D eigenvalue weighted by Gasteiger charge is 2.19. The molecule has 20 heavy (non-hydrogen) atoms. The fraction of sp³-hybridized carbons (Fsp3) is 0.615. The van der Waals surface area contributed by atoms with Crippen LogP contribution in [0.15, 0.2) is 6.33 Å². The molecule has 0 fully saturated rings. The van der Waals surface area contributed by atoms with Gasteiger partial charge in [0.15, 0.2) is 11.6 Å². The zero-order valence-electron chi connectivity index (χ0n) is 12.7. The van der Waals surface area contributed by atoms with E-state index in [1.165, 1.54) is 11.2 Å². The lowest BCUT2D eigenvalue weighted by molar-refractivity contribution is -0.129. The minimum atomic E-state index is -0.396. The minimum Gasteiger partial charge on any atom is -0.490 e. The maximum absolute atomic E-state index is 11.9. The van der Waals surface area contributed by atoms with Gasteiger partial charge in [-0.2, -0.15) is 0 Å². The summed E-state index contributed by atoms with van der Waals surface area (Å²) in [6.07, 6.45) is 2.42. The molecule has 7 heteroatoms. The maximum Gasteiger partial charge on any atom is 0.244 e. The van der Waals surface area contributed by atoms with E-state index in [0.29, 0.717) is 17.4 Å². The van der Waals surface area contributed by atoms with Gasteiger partial charge in [-0.1, -0.05) is 6.92 Å². The summed E-state index contributed by atoms with van der Waals surface area (Å²) in [5.41, 5.74) is 0. The number of carbonyl (C=O) groups is 1. The molecule has 1 aromatic rings.